The standard InChI is InChI=1S/C27H32N6O2/c1-4-32(16-20-9-6-5-7-10-20)25(26-29-30-31-33(26)17-22-11-8-12-35-22)23-15-21-14-18(2)13-19(3)24(21)28-27(23)34/h5-7,9-10,13-15,22,25H,4,8,11-12,16-17H2,1-3H3,(H,28,34). The average Bonchev–Trinajstić information content (AvgIpc) is 3.53. The second-order valence-electron chi connectivity index (χ2n) is 9.41. The lowest BCUT2D eigenvalue weighted by Gasteiger charge is -2.30. The van der Waals surface area contributed by atoms with Crippen molar-refractivity contribution in [2.24, 2.45) is 0 Å². The van der Waals surface area contributed by atoms with Crippen molar-refractivity contribution in [3.8, 4) is 0 Å². The molecule has 182 valence electrons. The first-order valence-electron chi connectivity index (χ1n) is 12.3. The van der Waals surface area contributed by atoms with Gasteiger partial charge in [-0.25, -0.2) is 4.68 Å². The number of tetrazole rings is 1. The molecule has 1 aliphatic rings. The molecule has 0 saturated carbocycles. The van der Waals surface area contributed by atoms with Gasteiger partial charge in [0, 0.05) is 18.7 Å². The zero-order valence-electron chi connectivity index (χ0n) is 20.6. The molecule has 8 heteroatoms. The summed E-state index contributed by atoms with van der Waals surface area (Å²) < 4.78 is 7.68. The highest BCUT2D eigenvalue weighted by molar-refractivity contribution is 5.83. The van der Waals surface area contributed by atoms with Crippen LogP contribution >= 0.6 is 0 Å². The molecule has 2 aromatic carbocycles. The molecule has 1 N–H and O–H groups in total. The monoisotopic (exact) mass is 472 g/mol. The van der Waals surface area contributed by atoms with Crippen LogP contribution in [0.3, 0.4) is 0 Å². The number of aryl methyl sites for hydroxylation is 2. The SMILES string of the molecule is CCN(Cc1ccccc1)C(c1cc2cc(C)cc(C)c2[nH]c1=O)c1nnnn1CC1CCCO1. The predicted molar refractivity (Wildman–Crippen MR) is 135 cm³/mol. The lowest BCUT2D eigenvalue weighted by molar-refractivity contribution is 0.0907. The maximum absolute atomic E-state index is 13.6. The van der Waals surface area contributed by atoms with Crippen LogP contribution in [0.1, 0.15) is 53.9 Å². The van der Waals surface area contributed by atoms with Crippen LogP contribution in [0.4, 0.5) is 0 Å². The van der Waals surface area contributed by atoms with Crippen molar-refractivity contribution < 1.29 is 4.74 Å². The number of fused-ring (bicyclic) bond motifs is 1. The van der Waals surface area contributed by atoms with Gasteiger partial charge in [-0.2, -0.15) is 0 Å². The van der Waals surface area contributed by atoms with Gasteiger partial charge in [0.1, 0.15) is 6.04 Å². The van der Waals surface area contributed by atoms with E-state index in [-0.39, 0.29) is 11.7 Å². The minimum absolute atomic E-state index is 0.0855. The number of rotatable bonds is 8. The third kappa shape index (κ3) is 4.90. The molecule has 2 aromatic heterocycles. The lowest BCUT2D eigenvalue weighted by atomic mass is 10.00. The molecule has 1 saturated heterocycles. The Balaban J connectivity index is 1.64. The summed E-state index contributed by atoms with van der Waals surface area (Å²) in [7, 11) is 0. The van der Waals surface area contributed by atoms with Crippen LogP contribution in [-0.4, -0.2) is 49.3 Å². The van der Waals surface area contributed by atoms with Crippen molar-refractivity contribution >= 4 is 10.9 Å². The number of hydrogen-bond acceptors (Lipinski definition) is 6. The smallest absolute Gasteiger partial charge is 0.253 e. The van der Waals surface area contributed by atoms with Crippen molar-refractivity contribution in [2.75, 3.05) is 13.2 Å². The van der Waals surface area contributed by atoms with Crippen LogP contribution in [0.2, 0.25) is 0 Å². The fraction of sp³-hybridized carbons (Fsp3) is 0.407. The maximum Gasteiger partial charge on any atom is 0.253 e. The molecule has 8 nitrogen and oxygen atoms in total. The third-order valence-electron chi connectivity index (χ3n) is 6.82. The molecule has 2 unspecified atom stereocenters. The number of ether oxygens (including phenoxy) is 1. The van der Waals surface area contributed by atoms with Gasteiger partial charge in [-0.3, -0.25) is 9.69 Å². The van der Waals surface area contributed by atoms with Gasteiger partial charge in [0.05, 0.1) is 18.2 Å². The molecular formula is C27H32N6O2. The number of hydrogen-bond donors (Lipinski definition) is 1. The van der Waals surface area contributed by atoms with E-state index in [1.807, 2.05) is 35.9 Å². The van der Waals surface area contributed by atoms with Crippen molar-refractivity contribution in [1.29, 1.82) is 0 Å². The highest BCUT2D eigenvalue weighted by Crippen LogP contribution is 2.29. The van der Waals surface area contributed by atoms with E-state index in [1.165, 1.54) is 5.56 Å². The zero-order valence-corrected chi connectivity index (χ0v) is 20.6. The second-order valence-corrected chi connectivity index (χ2v) is 9.41. The Kier molecular flexibility index (Phi) is 6.74. The lowest BCUT2D eigenvalue weighted by Crippen LogP contribution is -2.35. The Morgan fingerprint density at radius 1 is 1.20 bits per heavy atom. The third-order valence-corrected chi connectivity index (χ3v) is 6.82. The van der Waals surface area contributed by atoms with Gasteiger partial charge in [-0.05, 0) is 72.3 Å². The van der Waals surface area contributed by atoms with Crippen molar-refractivity contribution in [2.45, 2.75) is 58.8 Å². The molecule has 0 amide bonds. The average molecular weight is 473 g/mol. The van der Waals surface area contributed by atoms with Crippen LogP contribution in [0.25, 0.3) is 10.9 Å². The normalized spacial score (nSPS) is 16.9. The van der Waals surface area contributed by atoms with Crippen LogP contribution in [0.15, 0.2) is 53.3 Å². The number of pyridine rings is 1. The fourth-order valence-electron chi connectivity index (χ4n) is 5.13. The van der Waals surface area contributed by atoms with Gasteiger partial charge in [0.2, 0.25) is 0 Å². The molecule has 2 atom stereocenters. The summed E-state index contributed by atoms with van der Waals surface area (Å²) in [6.07, 6.45) is 2.12. The first kappa shape index (κ1) is 23.4. The Labute approximate surface area is 204 Å². The molecule has 0 spiro atoms. The number of aromatic amines is 1. The highest BCUT2D eigenvalue weighted by Gasteiger charge is 2.31. The first-order chi connectivity index (χ1) is 17.0. The molecule has 1 fully saturated rings. The fourth-order valence-corrected chi connectivity index (χ4v) is 5.13. The summed E-state index contributed by atoms with van der Waals surface area (Å²) in [5, 5.41) is 13.8. The topological polar surface area (TPSA) is 88.9 Å². The van der Waals surface area contributed by atoms with Gasteiger partial charge in [-0.1, -0.05) is 48.9 Å². The number of H-pyrrole nitrogens is 1. The Morgan fingerprint density at radius 3 is 2.77 bits per heavy atom. The molecule has 5 rings (SSSR count). The predicted octanol–water partition coefficient (Wildman–Crippen LogP) is 3.92. The summed E-state index contributed by atoms with van der Waals surface area (Å²) in [5.41, 5.74) is 4.77. The Hall–Kier alpha value is -3.36. The van der Waals surface area contributed by atoms with Gasteiger partial charge in [-0.15, -0.1) is 5.10 Å². The number of nitrogens with one attached hydrogen (secondary N) is 1. The molecule has 0 radical (unpaired) electrons. The summed E-state index contributed by atoms with van der Waals surface area (Å²) in [4.78, 5) is 19.0. The van der Waals surface area contributed by atoms with E-state index in [4.69, 9.17) is 4.74 Å². The molecular weight excluding hydrogens is 440 g/mol. The van der Waals surface area contributed by atoms with Crippen LogP contribution in [0, 0.1) is 13.8 Å². The van der Waals surface area contributed by atoms with Crippen molar-refractivity contribution in [1.82, 2.24) is 30.1 Å². The van der Waals surface area contributed by atoms with Gasteiger partial charge in [0.15, 0.2) is 5.82 Å². The van der Waals surface area contributed by atoms with Gasteiger partial charge >= 0.3 is 0 Å². The van der Waals surface area contributed by atoms with Crippen molar-refractivity contribution in [3.05, 3.63) is 87.0 Å². The summed E-state index contributed by atoms with van der Waals surface area (Å²) >= 11 is 0. The second kappa shape index (κ2) is 10.1. The zero-order chi connectivity index (χ0) is 24.4. The summed E-state index contributed by atoms with van der Waals surface area (Å²) in [6, 6.07) is 16.1. The largest absolute Gasteiger partial charge is 0.376 e. The first-order valence-corrected chi connectivity index (χ1v) is 12.3. The molecule has 4 aromatic rings. The van der Waals surface area contributed by atoms with E-state index in [1.54, 1.807) is 0 Å². The number of nitrogens with zero attached hydrogens (tertiary/aromatic N) is 5. The van der Waals surface area contributed by atoms with E-state index >= 15 is 0 Å². The quantitative estimate of drug-likeness (QED) is 0.418. The maximum atomic E-state index is 13.6. The highest BCUT2D eigenvalue weighted by atomic mass is 16.5. The molecule has 0 aliphatic carbocycles. The minimum Gasteiger partial charge on any atom is -0.376 e. The van der Waals surface area contributed by atoms with E-state index < -0.39 is 6.04 Å². The van der Waals surface area contributed by atoms with E-state index in [9.17, 15) is 4.79 Å². The Bertz CT molecular complexity index is 1360. The van der Waals surface area contributed by atoms with E-state index in [2.05, 4.69) is 63.5 Å². The van der Waals surface area contributed by atoms with Crippen molar-refractivity contribution in [3.63, 3.8) is 0 Å². The Morgan fingerprint density at radius 2 is 2.03 bits per heavy atom. The molecule has 35 heavy (non-hydrogen) atoms. The molecule has 3 heterocycles. The summed E-state index contributed by atoms with van der Waals surface area (Å²) in [5.74, 6) is 0.660. The van der Waals surface area contributed by atoms with Gasteiger partial charge in [0.25, 0.3) is 5.56 Å². The number of benzene rings is 2. The summed E-state index contributed by atoms with van der Waals surface area (Å²) in [6.45, 7) is 8.93. The number of aromatic nitrogens is 5. The van der Waals surface area contributed by atoms with Crippen LogP contribution < -0.4 is 5.56 Å². The van der Waals surface area contributed by atoms with Gasteiger partial charge < -0.3 is 9.72 Å². The van der Waals surface area contributed by atoms with Crippen LogP contribution in [-0.2, 0) is 17.8 Å². The molecule has 1 aliphatic heterocycles. The van der Waals surface area contributed by atoms with E-state index in [0.29, 0.717) is 24.5 Å². The molecule has 0 bridgehead atoms. The minimum atomic E-state index is -0.412. The van der Waals surface area contributed by atoms with Crippen LogP contribution in [0.5, 0.6) is 0 Å². The van der Waals surface area contributed by atoms with E-state index in [0.717, 1.165) is 48.0 Å².